The van der Waals surface area contributed by atoms with Crippen LogP contribution < -0.4 is 5.56 Å². The SMILES string of the molecule is C#CCN(Cc1ccco1)C(=O)c1sc2nc(CSc3cc(C)ccc3C)[nH]c(=O)c2c1C. The summed E-state index contributed by atoms with van der Waals surface area (Å²) in [5.41, 5.74) is 2.74. The molecule has 1 aromatic carbocycles. The van der Waals surface area contributed by atoms with Gasteiger partial charge in [0.25, 0.3) is 11.5 Å². The minimum absolute atomic E-state index is 0.134. The van der Waals surface area contributed by atoms with E-state index in [0.717, 1.165) is 4.90 Å². The topological polar surface area (TPSA) is 79.2 Å². The van der Waals surface area contributed by atoms with Crippen LogP contribution in [0.25, 0.3) is 10.2 Å². The van der Waals surface area contributed by atoms with E-state index in [9.17, 15) is 9.59 Å². The second kappa shape index (κ2) is 9.69. The highest BCUT2D eigenvalue weighted by molar-refractivity contribution is 7.98. The number of amides is 1. The smallest absolute Gasteiger partial charge is 0.265 e. The van der Waals surface area contributed by atoms with Gasteiger partial charge in [-0.05, 0) is 50.1 Å². The molecular formula is C25H23N3O3S2. The van der Waals surface area contributed by atoms with Crippen molar-refractivity contribution in [2.45, 2.75) is 38.0 Å². The standard InChI is InChI=1S/C25H23N3O3S2/c1-5-10-28(13-18-7-6-11-31-18)25(30)22-17(4)21-23(29)26-20(27-24(21)33-22)14-32-19-12-15(2)8-9-16(19)3/h1,6-9,11-12H,10,13-14H2,2-4H3,(H,26,27,29). The maximum Gasteiger partial charge on any atom is 0.265 e. The Balaban J connectivity index is 1.63. The molecule has 0 unspecified atom stereocenters. The van der Waals surface area contributed by atoms with Gasteiger partial charge in [0.2, 0.25) is 0 Å². The van der Waals surface area contributed by atoms with E-state index in [1.165, 1.54) is 27.4 Å². The first kappa shape index (κ1) is 22.9. The Morgan fingerprint density at radius 2 is 2.12 bits per heavy atom. The van der Waals surface area contributed by atoms with Crippen molar-refractivity contribution in [2.24, 2.45) is 0 Å². The predicted octanol–water partition coefficient (Wildman–Crippen LogP) is 5.07. The molecule has 3 heterocycles. The summed E-state index contributed by atoms with van der Waals surface area (Å²) in [7, 11) is 0. The fourth-order valence-corrected chi connectivity index (χ4v) is 5.68. The third-order valence-electron chi connectivity index (χ3n) is 5.25. The molecule has 6 nitrogen and oxygen atoms in total. The normalized spacial score (nSPS) is 11.0. The fourth-order valence-electron chi connectivity index (χ4n) is 3.51. The molecule has 0 aliphatic heterocycles. The molecule has 1 N–H and O–H groups in total. The number of aromatic amines is 1. The molecule has 0 aliphatic carbocycles. The Morgan fingerprint density at radius 1 is 1.30 bits per heavy atom. The fraction of sp³-hybridized carbons (Fsp3) is 0.240. The molecule has 0 saturated heterocycles. The zero-order valence-corrected chi connectivity index (χ0v) is 20.2. The molecule has 0 spiro atoms. The largest absolute Gasteiger partial charge is 0.467 e. The summed E-state index contributed by atoms with van der Waals surface area (Å²) in [6, 6.07) is 9.85. The number of carbonyl (C=O) groups excluding carboxylic acids is 1. The molecule has 0 atom stereocenters. The summed E-state index contributed by atoms with van der Waals surface area (Å²) >= 11 is 2.85. The first-order chi connectivity index (χ1) is 15.9. The van der Waals surface area contributed by atoms with Gasteiger partial charge in [-0.3, -0.25) is 9.59 Å². The van der Waals surface area contributed by atoms with Crippen molar-refractivity contribution in [1.82, 2.24) is 14.9 Å². The molecule has 0 bridgehead atoms. The summed E-state index contributed by atoms with van der Waals surface area (Å²) in [6.07, 6.45) is 7.05. The lowest BCUT2D eigenvalue weighted by molar-refractivity contribution is 0.0759. The lowest BCUT2D eigenvalue weighted by Gasteiger charge is -2.18. The zero-order chi connectivity index (χ0) is 23.5. The molecule has 4 rings (SSSR count). The summed E-state index contributed by atoms with van der Waals surface area (Å²) in [5.74, 6) is 4.03. The Kier molecular flexibility index (Phi) is 6.72. The molecule has 0 radical (unpaired) electrons. The molecule has 8 heteroatoms. The van der Waals surface area contributed by atoms with Crippen molar-refractivity contribution >= 4 is 39.2 Å². The Morgan fingerprint density at radius 3 is 2.85 bits per heavy atom. The average Bonchev–Trinajstić information content (AvgIpc) is 3.41. The van der Waals surface area contributed by atoms with Crippen LogP contribution in [-0.2, 0) is 12.3 Å². The zero-order valence-electron chi connectivity index (χ0n) is 18.6. The van der Waals surface area contributed by atoms with E-state index >= 15 is 0 Å². The third-order valence-corrected chi connectivity index (χ3v) is 7.59. The number of nitrogens with one attached hydrogen (secondary N) is 1. The quantitative estimate of drug-likeness (QED) is 0.297. The van der Waals surface area contributed by atoms with Crippen molar-refractivity contribution in [2.75, 3.05) is 6.54 Å². The number of thioether (sulfide) groups is 1. The highest BCUT2D eigenvalue weighted by Gasteiger charge is 2.24. The number of nitrogens with zero attached hydrogens (tertiary/aromatic N) is 2. The van der Waals surface area contributed by atoms with Crippen molar-refractivity contribution in [3.63, 3.8) is 0 Å². The van der Waals surface area contributed by atoms with Crippen LogP contribution in [0.5, 0.6) is 0 Å². The van der Waals surface area contributed by atoms with E-state index < -0.39 is 0 Å². The number of terminal acetylenes is 1. The lowest BCUT2D eigenvalue weighted by Crippen LogP contribution is -2.30. The van der Waals surface area contributed by atoms with E-state index in [2.05, 4.69) is 47.9 Å². The van der Waals surface area contributed by atoms with Crippen LogP contribution in [0.2, 0.25) is 0 Å². The van der Waals surface area contributed by atoms with Crippen molar-refractivity contribution in [3.05, 3.63) is 80.1 Å². The number of hydrogen-bond acceptors (Lipinski definition) is 6. The number of H-pyrrole nitrogens is 1. The van der Waals surface area contributed by atoms with E-state index in [4.69, 9.17) is 10.8 Å². The Bertz CT molecular complexity index is 1410. The van der Waals surface area contributed by atoms with E-state index in [1.807, 2.05) is 0 Å². The number of thiophene rings is 1. The number of rotatable bonds is 7. The number of aromatic nitrogens is 2. The lowest BCUT2D eigenvalue weighted by atomic mass is 10.2. The highest BCUT2D eigenvalue weighted by Crippen LogP contribution is 2.30. The monoisotopic (exact) mass is 477 g/mol. The van der Waals surface area contributed by atoms with Crippen LogP contribution >= 0.6 is 23.1 Å². The molecule has 0 aliphatic rings. The van der Waals surface area contributed by atoms with Gasteiger partial charge in [0, 0.05) is 4.90 Å². The number of carbonyl (C=O) groups is 1. The van der Waals surface area contributed by atoms with Gasteiger partial charge >= 0.3 is 0 Å². The number of furan rings is 1. The Labute approximate surface area is 200 Å². The van der Waals surface area contributed by atoms with Gasteiger partial charge in [-0.15, -0.1) is 29.5 Å². The number of benzene rings is 1. The second-order valence-electron chi connectivity index (χ2n) is 7.75. The predicted molar refractivity (Wildman–Crippen MR) is 133 cm³/mol. The van der Waals surface area contributed by atoms with E-state index in [1.54, 1.807) is 37.1 Å². The molecule has 4 aromatic rings. The summed E-state index contributed by atoms with van der Waals surface area (Å²) < 4.78 is 5.37. The van der Waals surface area contributed by atoms with Gasteiger partial charge in [0.1, 0.15) is 16.4 Å². The molecule has 168 valence electrons. The third kappa shape index (κ3) is 4.90. The first-order valence-electron chi connectivity index (χ1n) is 10.3. The van der Waals surface area contributed by atoms with Crippen LogP contribution in [0.15, 0.2) is 50.7 Å². The van der Waals surface area contributed by atoms with Crippen LogP contribution in [-0.4, -0.2) is 27.3 Å². The minimum Gasteiger partial charge on any atom is -0.467 e. The minimum atomic E-state index is -0.240. The van der Waals surface area contributed by atoms with Crippen molar-refractivity contribution in [1.29, 1.82) is 0 Å². The average molecular weight is 478 g/mol. The number of hydrogen-bond donors (Lipinski definition) is 1. The van der Waals surface area contributed by atoms with Gasteiger partial charge in [0.05, 0.1) is 35.4 Å². The van der Waals surface area contributed by atoms with Crippen LogP contribution in [0.3, 0.4) is 0 Å². The van der Waals surface area contributed by atoms with E-state index in [0.29, 0.717) is 38.0 Å². The highest BCUT2D eigenvalue weighted by atomic mass is 32.2. The first-order valence-corrected chi connectivity index (χ1v) is 12.1. The summed E-state index contributed by atoms with van der Waals surface area (Å²) in [6.45, 7) is 6.28. The number of aryl methyl sites for hydroxylation is 3. The molecule has 0 saturated carbocycles. The van der Waals surface area contributed by atoms with Crippen LogP contribution in [0.1, 0.15) is 37.9 Å². The van der Waals surface area contributed by atoms with Crippen molar-refractivity contribution < 1.29 is 9.21 Å². The van der Waals surface area contributed by atoms with Gasteiger partial charge in [-0.25, -0.2) is 4.98 Å². The maximum absolute atomic E-state index is 13.3. The summed E-state index contributed by atoms with van der Waals surface area (Å²) in [4.78, 5) is 37.4. The van der Waals surface area contributed by atoms with Crippen LogP contribution in [0.4, 0.5) is 0 Å². The van der Waals surface area contributed by atoms with Gasteiger partial charge in [-0.2, -0.15) is 0 Å². The van der Waals surface area contributed by atoms with E-state index in [-0.39, 0.29) is 24.6 Å². The van der Waals surface area contributed by atoms with Crippen molar-refractivity contribution in [3.8, 4) is 12.3 Å². The van der Waals surface area contributed by atoms with Gasteiger partial charge in [-0.1, -0.05) is 23.6 Å². The molecule has 1 amide bonds. The second-order valence-corrected chi connectivity index (χ2v) is 9.77. The van der Waals surface area contributed by atoms with Gasteiger partial charge < -0.3 is 14.3 Å². The number of fused-ring (bicyclic) bond motifs is 1. The summed E-state index contributed by atoms with van der Waals surface area (Å²) in [5, 5.41) is 0.447. The molecular weight excluding hydrogens is 454 g/mol. The maximum atomic E-state index is 13.3. The molecule has 33 heavy (non-hydrogen) atoms. The van der Waals surface area contributed by atoms with Crippen LogP contribution in [0, 0.1) is 33.1 Å². The molecule has 3 aromatic heterocycles. The molecule has 0 fully saturated rings. The van der Waals surface area contributed by atoms with Gasteiger partial charge in [0.15, 0.2) is 0 Å². The Hall–Kier alpha value is -3.28.